The van der Waals surface area contributed by atoms with Crippen LogP contribution >= 0.6 is 7.67 Å². The zero-order valence-corrected chi connectivity index (χ0v) is 16.5. The molecule has 1 atom stereocenters. The van der Waals surface area contributed by atoms with Gasteiger partial charge in [0.25, 0.3) is 0 Å². The van der Waals surface area contributed by atoms with E-state index in [4.69, 9.17) is 13.7 Å². The van der Waals surface area contributed by atoms with Crippen LogP contribution in [0.3, 0.4) is 0 Å². The molecule has 1 fully saturated rings. The highest BCUT2D eigenvalue weighted by Crippen LogP contribution is 2.47. The fourth-order valence-corrected chi connectivity index (χ4v) is 4.55. The van der Waals surface area contributed by atoms with E-state index in [1.807, 2.05) is 0 Å². The molecule has 0 radical (unpaired) electrons. The van der Waals surface area contributed by atoms with Crippen molar-refractivity contribution >= 4 is 13.6 Å². The first-order valence-electron chi connectivity index (χ1n) is 8.98. The summed E-state index contributed by atoms with van der Waals surface area (Å²) in [5, 5.41) is 32.1. The minimum Gasteiger partial charge on any atom is -0.403 e. The van der Waals surface area contributed by atoms with E-state index in [2.05, 4.69) is 9.99 Å². The molecule has 1 saturated heterocycles. The maximum Gasteiger partial charge on any atom is 0.433 e. The first kappa shape index (κ1) is 22.9. The molecule has 1 aromatic rings. The van der Waals surface area contributed by atoms with Crippen molar-refractivity contribution in [3.63, 3.8) is 0 Å². The monoisotopic (exact) mass is 422 g/mol. The number of nitrogens with zero attached hydrogens (tertiary/aromatic N) is 3. The molecule has 0 spiro atoms. The van der Waals surface area contributed by atoms with Crippen LogP contribution in [0.4, 0.5) is 5.88 Å². The summed E-state index contributed by atoms with van der Waals surface area (Å²) >= 11 is 0. The van der Waals surface area contributed by atoms with Crippen LogP contribution in [0.1, 0.15) is 5.76 Å². The fourth-order valence-electron chi connectivity index (χ4n) is 2.70. The molecule has 28 heavy (non-hydrogen) atoms. The lowest BCUT2D eigenvalue weighted by Gasteiger charge is -2.32. The van der Waals surface area contributed by atoms with Gasteiger partial charge in [0.1, 0.15) is 17.3 Å². The van der Waals surface area contributed by atoms with Crippen molar-refractivity contribution in [1.29, 1.82) is 0 Å². The molecular formula is C15H27N4O8P. The van der Waals surface area contributed by atoms with Gasteiger partial charge in [0, 0.05) is 39.3 Å². The second kappa shape index (κ2) is 11.6. The number of aliphatic hydroxyl groups excluding tert-OH is 2. The van der Waals surface area contributed by atoms with E-state index in [0.29, 0.717) is 26.3 Å². The number of hydrogen-bond donors (Lipinski definition) is 3. The van der Waals surface area contributed by atoms with Crippen molar-refractivity contribution in [1.82, 2.24) is 14.7 Å². The Morgan fingerprint density at radius 1 is 1.29 bits per heavy atom. The zero-order chi connectivity index (χ0) is 20.4. The molecule has 0 aromatic carbocycles. The maximum atomic E-state index is 13.4. The van der Waals surface area contributed by atoms with E-state index in [1.54, 1.807) is 0 Å². The Morgan fingerprint density at radius 3 is 2.54 bits per heavy atom. The van der Waals surface area contributed by atoms with Crippen molar-refractivity contribution in [3.05, 3.63) is 28.0 Å². The highest BCUT2D eigenvalue weighted by atomic mass is 31.2. The highest BCUT2D eigenvalue weighted by molar-refractivity contribution is 7.54. The molecule has 1 unspecified atom stereocenters. The zero-order valence-electron chi connectivity index (χ0n) is 15.6. The van der Waals surface area contributed by atoms with Crippen molar-refractivity contribution in [2.75, 3.05) is 65.7 Å². The lowest BCUT2D eigenvalue weighted by Crippen LogP contribution is -2.41. The highest BCUT2D eigenvalue weighted by Gasteiger charge is 2.32. The van der Waals surface area contributed by atoms with Gasteiger partial charge in [-0.3, -0.25) is 24.1 Å². The molecule has 1 aliphatic heterocycles. The number of rotatable bonds is 13. The van der Waals surface area contributed by atoms with Crippen LogP contribution in [-0.4, -0.2) is 90.4 Å². The van der Waals surface area contributed by atoms with E-state index in [1.165, 1.54) is 16.8 Å². The lowest BCUT2D eigenvalue weighted by molar-refractivity contribution is -0.402. The van der Waals surface area contributed by atoms with Gasteiger partial charge in [-0.25, -0.2) is 9.76 Å². The normalized spacial score (nSPS) is 17.7. The predicted molar refractivity (Wildman–Crippen MR) is 98.8 cm³/mol. The summed E-state index contributed by atoms with van der Waals surface area (Å²) in [5.74, 6) is -0.286. The third-order valence-corrected chi connectivity index (χ3v) is 6.39. The third kappa shape index (κ3) is 6.90. The van der Waals surface area contributed by atoms with Crippen molar-refractivity contribution in [2.45, 2.75) is 6.61 Å². The van der Waals surface area contributed by atoms with Crippen LogP contribution in [0, 0.1) is 10.1 Å². The lowest BCUT2D eigenvalue weighted by atomic mass is 10.4. The van der Waals surface area contributed by atoms with Gasteiger partial charge in [-0.1, -0.05) is 0 Å². The van der Waals surface area contributed by atoms with Gasteiger partial charge in [0.2, 0.25) is 0 Å². The van der Waals surface area contributed by atoms with Gasteiger partial charge < -0.3 is 19.4 Å². The molecule has 13 heteroatoms. The van der Waals surface area contributed by atoms with Crippen LogP contribution in [0.15, 0.2) is 16.5 Å². The Balaban J connectivity index is 2.00. The van der Waals surface area contributed by atoms with Crippen LogP contribution < -0.4 is 5.09 Å². The summed E-state index contributed by atoms with van der Waals surface area (Å²) in [7, 11) is -3.63. The van der Waals surface area contributed by atoms with Gasteiger partial charge in [0.15, 0.2) is 0 Å². The standard InChI is InChI=1S/C15H27N4O8P/c20-9-5-18(6-10-21)28(24,16-3-4-17-7-11-25-12-8-17)26-13-14-1-2-15(27-14)19(22)23/h1-2,20-21H,3-13H2,(H,16,24). The predicted octanol–water partition coefficient (Wildman–Crippen LogP) is 0.0209. The SMILES string of the molecule is O=[N+]([O-])c1ccc(COP(=O)(NCCN2CCOCC2)N(CCO)CCO)o1. The van der Waals surface area contributed by atoms with Crippen molar-refractivity contribution < 1.29 is 33.4 Å². The molecule has 0 saturated carbocycles. The molecule has 1 aromatic heterocycles. The van der Waals surface area contributed by atoms with E-state index in [0.717, 1.165) is 13.1 Å². The van der Waals surface area contributed by atoms with Gasteiger partial charge in [-0.2, -0.15) is 0 Å². The minimum absolute atomic E-state index is 0.0285. The summed E-state index contributed by atoms with van der Waals surface area (Å²) in [6.45, 7) is 3.07. The molecule has 12 nitrogen and oxygen atoms in total. The van der Waals surface area contributed by atoms with Crippen LogP contribution in [0.5, 0.6) is 0 Å². The Kier molecular flexibility index (Phi) is 9.48. The molecule has 160 valence electrons. The second-order valence-electron chi connectivity index (χ2n) is 6.05. The summed E-state index contributed by atoms with van der Waals surface area (Å²) in [6.07, 6.45) is 0. The molecule has 3 N–H and O–H groups in total. The fraction of sp³-hybridized carbons (Fsp3) is 0.733. The maximum absolute atomic E-state index is 13.4. The first-order chi connectivity index (χ1) is 13.5. The molecule has 1 aliphatic rings. The first-order valence-corrected chi connectivity index (χ1v) is 10.6. The third-order valence-electron chi connectivity index (χ3n) is 4.14. The van der Waals surface area contributed by atoms with Crippen LogP contribution in [-0.2, 0) is 20.4 Å². The Bertz CT molecular complexity index is 646. The Morgan fingerprint density at radius 2 is 1.96 bits per heavy atom. The molecule has 2 rings (SSSR count). The quantitative estimate of drug-likeness (QED) is 0.224. The average molecular weight is 422 g/mol. The minimum atomic E-state index is -3.63. The smallest absolute Gasteiger partial charge is 0.403 e. The van der Waals surface area contributed by atoms with Gasteiger partial charge >= 0.3 is 13.6 Å². The van der Waals surface area contributed by atoms with Crippen LogP contribution in [0.2, 0.25) is 0 Å². The van der Waals surface area contributed by atoms with E-state index in [-0.39, 0.29) is 38.7 Å². The summed E-state index contributed by atoms with van der Waals surface area (Å²) in [4.78, 5) is 12.2. The molecule has 0 amide bonds. The largest absolute Gasteiger partial charge is 0.433 e. The summed E-state index contributed by atoms with van der Waals surface area (Å²) in [6, 6.07) is 2.56. The molecule has 0 aliphatic carbocycles. The van der Waals surface area contributed by atoms with E-state index in [9.17, 15) is 24.9 Å². The second-order valence-corrected chi connectivity index (χ2v) is 8.23. The molecule has 2 heterocycles. The Hall–Kier alpha value is -1.37. The average Bonchev–Trinajstić information content (AvgIpc) is 3.17. The Labute approximate surface area is 162 Å². The molecular weight excluding hydrogens is 395 g/mol. The summed E-state index contributed by atoms with van der Waals surface area (Å²) in [5.41, 5.74) is 0. The molecule has 0 bridgehead atoms. The van der Waals surface area contributed by atoms with Crippen molar-refractivity contribution in [2.24, 2.45) is 0 Å². The number of ether oxygens (including phenoxy) is 1. The number of hydrogen-bond acceptors (Lipinski definition) is 9. The van der Waals surface area contributed by atoms with Gasteiger partial charge in [-0.05, 0) is 6.07 Å². The number of nitro groups is 1. The topological polar surface area (TPSA) is 151 Å². The number of furan rings is 1. The van der Waals surface area contributed by atoms with Gasteiger partial charge in [-0.15, -0.1) is 0 Å². The van der Waals surface area contributed by atoms with E-state index < -0.39 is 18.5 Å². The summed E-state index contributed by atoms with van der Waals surface area (Å²) < 4.78 is 30.6. The van der Waals surface area contributed by atoms with Gasteiger partial charge in [0.05, 0.1) is 32.5 Å². The van der Waals surface area contributed by atoms with E-state index >= 15 is 0 Å². The number of morpholine rings is 1. The van der Waals surface area contributed by atoms with Crippen LogP contribution in [0.25, 0.3) is 0 Å². The van der Waals surface area contributed by atoms with Crippen molar-refractivity contribution in [3.8, 4) is 0 Å². The number of aliphatic hydroxyl groups is 2. The number of nitrogens with one attached hydrogen (secondary N) is 1.